The Morgan fingerprint density at radius 3 is 2.57 bits per heavy atom. The number of hydrogen-bond donors (Lipinski definition) is 0. The molecule has 0 aliphatic carbocycles. The second-order valence-electron chi connectivity index (χ2n) is 6.47. The number of hydrogen-bond acceptors (Lipinski definition) is 6. The van der Waals surface area contributed by atoms with Crippen LogP contribution in [0.15, 0.2) is 0 Å². The van der Waals surface area contributed by atoms with E-state index in [0.29, 0.717) is 32.7 Å². The van der Waals surface area contributed by atoms with Crippen molar-refractivity contribution in [2.45, 2.75) is 44.8 Å². The molecule has 2 saturated heterocycles. The Hall–Kier alpha value is -0.240. The minimum Gasteiger partial charge on any atom is -0.355 e. The van der Waals surface area contributed by atoms with Gasteiger partial charge in [-0.25, -0.2) is 0 Å². The summed E-state index contributed by atoms with van der Waals surface area (Å²) in [5, 5.41) is 0. The van der Waals surface area contributed by atoms with E-state index in [9.17, 15) is 0 Å². The van der Waals surface area contributed by atoms with Crippen LogP contribution in [-0.2, 0) is 28.4 Å². The average molecular weight is 304 g/mol. The Balaban J connectivity index is 1.53. The van der Waals surface area contributed by atoms with Crippen LogP contribution in [0.1, 0.15) is 33.6 Å². The summed E-state index contributed by atoms with van der Waals surface area (Å²) in [6.07, 6.45) is 1.75. The van der Waals surface area contributed by atoms with Crippen molar-refractivity contribution in [3.8, 4) is 0 Å². The topological polar surface area (TPSA) is 55.4 Å². The Bertz CT molecular complexity index is 301. The molecule has 2 atom stereocenters. The molecule has 0 spiro atoms. The van der Waals surface area contributed by atoms with Crippen LogP contribution in [0.4, 0.5) is 0 Å². The first-order valence-electron chi connectivity index (χ1n) is 7.61. The van der Waals surface area contributed by atoms with Crippen molar-refractivity contribution in [3.05, 3.63) is 0 Å². The average Bonchev–Trinajstić information content (AvgIpc) is 2.44. The molecule has 0 N–H and O–H groups in total. The first kappa shape index (κ1) is 17.1. The number of ether oxygens (including phenoxy) is 6. The SMILES string of the molecule is CC1(COCOCCC2COCOC2(C)C)CCOCO1. The third-order valence-corrected chi connectivity index (χ3v) is 4.27. The maximum atomic E-state index is 5.61. The Morgan fingerprint density at radius 1 is 1.05 bits per heavy atom. The predicted octanol–water partition coefficient (Wildman–Crippen LogP) is 1.92. The van der Waals surface area contributed by atoms with E-state index in [2.05, 4.69) is 13.8 Å². The molecule has 2 heterocycles. The van der Waals surface area contributed by atoms with E-state index in [1.807, 2.05) is 6.92 Å². The zero-order valence-electron chi connectivity index (χ0n) is 13.4. The van der Waals surface area contributed by atoms with Crippen LogP contribution >= 0.6 is 0 Å². The third-order valence-electron chi connectivity index (χ3n) is 4.27. The standard InChI is InChI=1S/C15H28O6/c1-14(2)13(8-18-12-20-14)4-6-16-10-19-9-15(3)5-7-17-11-21-15/h13H,4-12H2,1-3H3. The Kier molecular flexibility index (Phi) is 6.40. The molecule has 6 nitrogen and oxygen atoms in total. The lowest BCUT2D eigenvalue weighted by atomic mass is 9.88. The van der Waals surface area contributed by atoms with Gasteiger partial charge in [0.1, 0.15) is 20.4 Å². The highest BCUT2D eigenvalue weighted by molar-refractivity contribution is 4.81. The highest BCUT2D eigenvalue weighted by Gasteiger charge is 2.33. The zero-order chi connectivity index (χ0) is 15.2. The van der Waals surface area contributed by atoms with E-state index in [-0.39, 0.29) is 18.0 Å². The Morgan fingerprint density at radius 2 is 1.86 bits per heavy atom. The fraction of sp³-hybridized carbons (Fsp3) is 1.00. The molecule has 2 aliphatic heterocycles. The van der Waals surface area contributed by atoms with Crippen molar-refractivity contribution in [2.75, 3.05) is 46.8 Å². The molecule has 0 amide bonds. The van der Waals surface area contributed by atoms with Gasteiger partial charge >= 0.3 is 0 Å². The van der Waals surface area contributed by atoms with Crippen LogP contribution in [0.3, 0.4) is 0 Å². The van der Waals surface area contributed by atoms with E-state index in [1.165, 1.54) is 0 Å². The summed E-state index contributed by atoms with van der Waals surface area (Å²) in [6.45, 7) is 9.86. The van der Waals surface area contributed by atoms with Crippen molar-refractivity contribution in [1.29, 1.82) is 0 Å². The molecule has 6 heteroatoms. The predicted molar refractivity (Wildman–Crippen MR) is 75.8 cm³/mol. The van der Waals surface area contributed by atoms with Crippen LogP contribution in [0.5, 0.6) is 0 Å². The van der Waals surface area contributed by atoms with Gasteiger partial charge in [0.25, 0.3) is 0 Å². The minimum absolute atomic E-state index is 0.147. The highest BCUT2D eigenvalue weighted by Crippen LogP contribution is 2.28. The lowest BCUT2D eigenvalue weighted by Gasteiger charge is -2.38. The molecule has 0 aromatic rings. The smallest absolute Gasteiger partial charge is 0.147 e. The summed E-state index contributed by atoms with van der Waals surface area (Å²) in [5.74, 6) is 0.350. The molecule has 2 unspecified atom stereocenters. The van der Waals surface area contributed by atoms with Gasteiger partial charge in [0.05, 0.1) is 31.0 Å². The summed E-state index contributed by atoms with van der Waals surface area (Å²) in [7, 11) is 0. The molecule has 2 aliphatic rings. The van der Waals surface area contributed by atoms with Crippen LogP contribution in [0.25, 0.3) is 0 Å². The molecule has 0 aromatic carbocycles. The van der Waals surface area contributed by atoms with Gasteiger partial charge < -0.3 is 28.4 Å². The van der Waals surface area contributed by atoms with Crippen molar-refractivity contribution in [3.63, 3.8) is 0 Å². The molecule has 124 valence electrons. The molecule has 0 saturated carbocycles. The Labute approximate surface area is 127 Å². The quantitative estimate of drug-likeness (QED) is 0.529. The van der Waals surface area contributed by atoms with Crippen LogP contribution in [-0.4, -0.2) is 58.0 Å². The zero-order valence-corrected chi connectivity index (χ0v) is 13.4. The van der Waals surface area contributed by atoms with Crippen molar-refractivity contribution >= 4 is 0 Å². The molecule has 0 bridgehead atoms. The third kappa shape index (κ3) is 5.47. The fourth-order valence-electron chi connectivity index (χ4n) is 2.45. The molecule has 0 radical (unpaired) electrons. The van der Waals surface area contributed by atoms with Crippen LogP contribution in [0.2, 0.25) is 0 Å². The van der Waals surface area contributed by atoms with E-state index < -0.39 is 0 Å². The largest absolute Gasteiger partial charge is 0.355 e. The summed E-state index contributed by atoms with van der Waals surface area (Å²) >= 11 is 0. The molecule has 0 aromatic heterocycles. The maximum absolute atomic E-state index is 5.61. The van der Waals surface area contributed by atoms with E-state index in [0.717, 1.165) is 26.1 Å². The molecular formula is C15H28O6. The van der Waals surface area contributed by atoms with Crippen molar-refractivity contribution in [1.82, 2.24) is 0 Å². The van der Waals surface area contributed by atoms with Crippen LogP contribution < -0.4 is 0 Å². The summed E-state index contributed by atoms with van der Waals surface area (Å²) in [5.41, 5.74) is -0.402. The molecule has 2 rings (SSSR count). The molecular weight excluding hydrogens is 276 g/mol. The van der Waals surface area contributed by atoms with Gasteiger partial charge in [-0.15, -0.1) is 0 Å². The minimum atomic E-state index is -0.255. The molecule has 21 heavy (non-hydrogen) atoms. The van der Waals surface area contributed by atoms with Gasteiger partial charge in [0.2, 0.25) is 0 Å². The maximum Gasteiger partial charge on any atom is 0.147 e. The van der Waals surface area contributed by atoms with Gasteiger partial charge in [0, 0.05) is 18.9 Å². The second-order valence-corrected chi connectivity index (χ2v) is 6.47. The summed E-state index contributed by atoms with van der Waals surface area (Å²) in [4.78, 5) is 0. The second kappa shape index (κ2) is 7.85. The van der Waals surface area contributed by atoms with Gasteiger partial charge in [-0.05, 0) is 27.2 Å². The summed E-state index contributed by atoms with van der Waals surface area (Å²) in [6, 6.07) is 0. The lowest BCUT2D eigenvalue weighted by molar-refractivity contribution is -0.221. The summed E-state index contributed by atoms with van der Waals surface area (Å²) < 4.78 is 32.8. The monoisotopic (exact) mass is 304 g/mol. The first-order valence-corrected chi connectivity index (χ1v) is 7.61. The number of rotatable bonds is 7. The van der Waals surface area contributed by atoms with Gasteiger partial charge in [-0.3, -0.25) is 0 Å². The van der Waals surface area contributed by atoms with Crippen LogP contribution in [0, 0.1) is 5.92 Å². The van der Waals surface area contributed by atoms with Gasteiger partial charge in [0.15, 0.2) is 0 Å². The van der Waals surface area contributed by atoms with Gasteiger partial charge in [-0.1, -0.05) is 0 Å². The lowest BCUT2D eigenvalue weighted by Crippen LogP contribution is -2.43. The van der Waals surface area contributed by atoms with E-state index in [1.54, 1.807) is 0 Å². The first-order chi connectivity index (χ1) is 10.0. The normalized spacial score (nSPS) is 33.0. The molecule has 2 fully saturated rings. The highest BCUT2D eigenvalue weighted by atomic mass is 16.7. The van der Waals surface area contributed by atoms with Crippen molar-refractivity contribution < 1.29 is 28.4 Å². The fourth-order valence-corrected chi connectivity index (χ4v) is 2.45. The van der Waals surface area contributed by atoms with E-state index >= 15 is 0 Å². The van der Waals surface area contributed by atoms with E-state index in [4.69, 9.17) is 28.4 Å². The van der Waals surface area contributed by atoms with Crippen molar-refractivity contribution in [2.24, 2.45) is 5.92 Å². The van der Waals surface area contributed by atoms with Gasteiger partial charge in [-0.2, -0.15) is 0 Å².